The number of carbonyl (C=O) groups excluding carboxylic acids is 4. The maximum atomic E-state index is 12.8. The van der Waals surface area contributed by atoms with Gasteiger partial charge in [0.2, 0.25) is 0 Å². The van der Waals surface area contributed by atoms with Crippen LogP contribution in [0.5, 0.6) is 0 Å². The highest BCUT2D eigenvalue weighted by molar-refractivity contribution is 6.00. The summed E-state index contributed by atoms with van der Waals surface area (Å²) in [5.74, 6) is -4.18. The van der Waals surface area contributed by atoms with Gasteiger partial charge in [-0.25, -0.2) is 0 Å². The molecule has 10 heteroatoms. The molecule has 2 atom stereocenters. The van der Waals surface area contributed by atoms with Gasteiger partial charge in [0.25, 0.3) is 11.8 Å². The van der Waals surface area contributed by atoms with E-state index in [4.69, 9.17) is 0 Å². The molecular weight excluding hydrogens is 512 g/mol. The van der Waals surface area contributed by atoms with Gasteiger partial charge in [0.05, 0.1) is 24.0 Å². The van der Waals surface area contributed by atoms with Crippen molar-refractivity contribution in [2.24, 2.45) is 0 Å². The summed E-state index contributed by atoms with van der Waals surface area (Å²) < 4.78 is 0. The summed E-state index contributed by atoms with van der Waals surface area (Å²) in [6.45, 7) is 0. The van der Waals surface area contributed by atoms with E-state index in [1.807, 2.05) is 48.5 Å². The quantitative estimate of drug-likeness (QED) is 0.206. The first-order valence-corrected chi connectivity index (χ1v) is 12.5. The molecule has 0 aliphatic rings. The number of carboxylic acids is 2. The molecule has 3 aromatic carbocycles. The van der Waals surface area contributed by atoms with Gasteiger partial charge in [0, 0.05) is 58.2 Å². The third-order valence-corrected chi connectivity index (χ3v) is 6.79. The zero-order chi connectivity index (χ0) is 28.2. The Hall–Kier alpha value is -5.38. The van der Waals surface area contributed by atoms with Gasteiger partial charge in [-0.1, -0.05) is 36.4 Å². The summed E-state index contributed by atoms with van der Waals surface area (Å²) in [7, 11) is 0. The first-order chi connectivity index (χ1) is 19.3. The first-order valence-electron chi connectivity index (χ1n) is 12.5. The number of nitrogens with one attached hydrogen (secondary N) is 4. The van der Waals surface area contributed by atoms with Crippen molar-refractivity contribution in [1.29, 1.82) is 0 Å². The minimum atomic E-state index is -1.43. The molecule has 2 heterocycles. The van der Waals surface area contributed by atoms with Crippen LogP contribution in [-0.2, 0) is 22.4 Å². The lowest BCUT2D eigenvalue weighted by Crippen LogP contribution is -2.49. The molecule has 0 saturated carbocycles. The molecule has 2 amide bonds. The van der Waals surface area contributed by atoms with Gasteiger partial charge in [0.15, 0.2) is 0 Å². The molecule has 0 aliphatic heterocycles. The average Bonchev–Trinajstić information content (AvgIpc) is 3.56. The first kappa shape index (κ1) is 26.2. The second-order valence-corrected chi connectivity index (χ2v) is 9.39. The van der Waals surface area contributed by atoms with Gasteiger partial charge in [0.1, 0.15) is 0 Å². The van der Waals surface area contributed by atoms with E-state index in [0.29, 0.717) is 11.1 Å². The lowest BCUT2D eigenvalue weighted by Gasteiger charge is -2.20. The van der Waals surface area contributed by atoms with Crippen molar-refractivity contribution in [2.45, 2.75) is 24.9 Å². The Labute approximate surface area is 228 Å². The number of fused-ring (bicyclic) bond motifs is 2. The second kappa shape index (κ2) is 11.2. The van der Waals surface area contributed by atoms with Crippen LogP contribution in [-0.4, -0.2) is 45.8 Å². The fourth-order valence-electron chi connectivity index (χ4n) is 4.68. The number of hydrogen-bond donors (Lipinski definition) is 4. The number of benzene rings is 3. The molecule has 0 spiro atoms. The van der Waals surface area contributed by atoms with Crippen LogP contribution in [0.25, 0.3) is 21.8 Å². The number of hydrogen-bond acceptors (Lipinski definition) is 6. The third kappa shape index (κ3) is 5.56. The van der Waals surface area contributed by atoms with Gasteiger partial charge in [-0.15, -0.1) is 0 Å². The Bertz CT molecular complexity index is 1590. The molecule has 5 aromatic rings. The van der Waals surface area contributed by atoms with E-state index in [2.05, 4.69) is 20.6 Å². The van der Waals surface area contributed by atoms with Crippen molar-refractivity contribution in [1.82, 2.24) is 20.6 Å². The molecule has 0 bridgehead atoms. The van der Waals surface area contributed by atoms with Gasteiger partial charge in [-0.05, 0) is 47.5 Å². The molecule has 0 saturated heterocycles. The molecule has 202 valence electrons. The SMILES string of the molecule is O=C(N[C@@H](Cc1c[nH]c2ccccc12)C(=O)[O-])c1ccc(C(=O)N[C@@H](Cc2c[nH]c3ccccc23)C(=O)[O-])cc1. The Morgan fingerprint density at radius 2 is 0.975 bits per heavy atom. The number of carboxylic acid groups (broad SMARTS) is 2. The number of aromatic nitrogens is 2. The molecule has 10 nitrogen and oxygen atoms in total. The zero-order valence-corrected chi connectivity index (χ0v) is 21.1. The Morgan fingerprint density at radius 3 is 1.35 bits per heavy atom. The Balaban J connectivity index is 1.24. The van der Waals surface area contributed by atoms with Crippen LogP contribution < -0.4 is 20.8 Å². The normalized spacial score (nSPS) is 12.6. The van der Waals surface area contributed by atoms with Crippen LogP contribution in [0.4, 0.5) is 0 Å². The monoisotopic (exact) mass is 536 g/mol. The highest BCUT2D eigenvalue weighted by Gasteiger charge is 2.20. The fraction of sp³-hybridized carbons (Fsp3) is 0.133. The molecule has 40 heavy (non-hydrogen) atoms. The largest absolute Gasteiger partial charge is 0.548 e. The van der Waals surface area contributed by atoms with Crippen molar-refractivity contribution in [3.63, 3.8) is 0 Å². The topological polar surface area (TPSA) is 170 Å². The predicted octanol–water partition coefficient (Wildman–Crippen LogP) is 0.831. The highest BCUT2D eigenvalue weighted by atomic mass is 16.4. The molecule has 4 N–H and O–H groups in total. The van der Waals surface area contributed by atoms with Crippen LogP contribution in [0.15, 0.2) is 85.2 Å². The molecular formula is C30H24N4O6-2. The van der Waals surface area contributed by atoms with E-state index in [0.717, 1.165) is 21.8 Å². The van der Waals surface area contributed by atoms with E-state index < -0.39 is 35.8 Å². The summed E-state index contributed by atoms with van der Waals surface area (Å²) in [5.41, 5.74) is 3.36. The molecule has 2 aromatic heterocycles. The molecule has 0 unspecified atom stereocenters. The smallest absolute Gasteiger partial charge is 0.251 e. The van der Waals surface area contributed by atoms with E-state index in [-0.39, 0.29) is 24.0 Å². The fourth-order valence-corrected chi connectivity index (χ4v) is 4.68. The van der Waals surface area contributed by atoms with Crippen molar-refractivity contribution in [2.75, 3.05) is 0 Å². The minimum absolute atomic E-state index is 0.0135. The van der Waals surface area contributed by atoms with Gasteiger partial charge in [-0.3, -0.25) is 9.59 Å². The van der Waals surface area contributed by atoms with Crippen LogP contribution in [0.3, 0.4) is 0 Å². The number of carbonyl (C=O) groups is 4. The summed E-state index contributed by atoms with van der Waals surface area (Å²) >= 11 is 0. The summed E-state index contributed by atoms with van der Waals surface area (Å²) in [4.78, 5) is 55.3. The lowest BCUT2D eigenvalue weighted by molar-refractivity contribution is -0.309. The third-order valence-electron chi connectivity index (χ3n) is 6.79. The summed E-state index contributed by atoms with van der Waals surface area (Å²) in [6.07, 6.45) is 3.41. The number of aliphatic carboxylic acids is 2. The Morgan fingerprint density at radius 1 is 0.600 bits per heavy atom. The zero-order valence-electron chi connectivity index (χ0n) is 21.1. The van der Waals surface area contributed by atoms with Crippen molar-refractivity contribution < 1.29 is 29.4 Å². The highest BCUT2D eigenvalue weighted by Crippen LogP contribution is 2.20. The van der Waals surface area contributed by atoms with E-state index in [1.54, 1.807) is 12.4 Å². The van der Waals surface area contributed by atoms with E-state index in [1.165, 1.54) is 24.3 Å². The molecule has 5 rings (SSSR count). The van der Waals surface area contributed by atoms with E-state index >= 15 is 0 Å². The predicted molar refractivity (Wildman–Crippen MR) is 143 cm³/mol. The van der Waals surface area contributed by atoms with Crippen LogP contribution in [0, 0.1) is 0 Å². The summed E-state index contributed by atoms with van der Waals surface area (Å²) in [5, 5.41) is 30.2. The number of H-pyrrole nitrogens is 2. The van der Waals surface area contributed by atoms with Gasteiger partial charge >= 0.3 is 0 Å². The number of para-hydroxylation sites is 2. The van der Waals surface area contributed by atoms with Crippen LogP contribution in [0.2, 0.25) is 0 Å². The van der Waals surface area contributed by atoms with Crippen molar-refractivity contribution in [3.8, 4) is 0 Å². The summed E-state index contributed by atoms with van der Waals surface area (Å²) in [6, 6.07) is 17.7. The van der Waals surface area contributed by atoms with Gasteiger partial charge in [-0.2, -0.15) is 0 Å². The molecule has 0 fully saturated rings. The number of aromatic amines is 2. The molecule has 0 radical (unpaired) electrons. The van der Waals surface area contributed by atoms with Crippen LogP contribution >= 0.6 is 0 Å². The van der Waals surface area contributed by atoms with E-state index in [9.17, 15) is 29.4 Å². The number of rotatable bonds is 10. The lowest BCUT2D eigenvalue weighted by atomic mass is 10.0. The minimum Gasteiger partial charge on any atom is -0.548 e. The molecule has 0 aliphatic carbocycles. The average molecular weight is 537 g/mol. The van der Waals surface area contributed by atoms with Crippen molar-refractivity contribution in [3.05, 3.63) is 107 Å². The van der Waals surface area contributed by atoms with Crippen LogP contribution in [0.1, 0.15) is 31.8 Å². The Kier molecular flexibility index (Phi) is 7.32. The second-order valence-electron chi connectivity index (χ2n) is 9.39. The number of amides is 2. The maximum Gasteiger partial charge on any atom is 0.251 e. The maximum absolute atomic E-state index is 12.8. The van der Waals surface area contributed by atoms with Crippen molar-refractivity contribution >= 4 is 45.6 Å². The van der Waals surface area contributed by atoms with Gasteiger partial charge < -0.3 is 40.4 Å². The standard InChI is InChI=1S/C30H26N4O6/c35-27(33-25(29(37)38)13-19-15-31-23-7-3-1-5-21(19)23)17-9-11-18(12-10-17)28(36)34-26(30(39)40)14-20-16-32-24-8-4-2-6-22(20)24/h1-12,15-16,25-26,31-32H,13-14H2,(H,33,35)(H,34,36)(H,37,38)(H,39,40)/p-2/t25-,26-/m0/s1.